The Bertz CT molecular complexity index is 929. The second-order valence-corrected chi connectivity index (χ2v) is 9.46. The summed E-state index contributed by atoms with van der Waals surface area (Å²) < 4.78 is 5.59. The van der Waals surface area contributed by atoms with E-state index in [2.05, 4.69) is 29.4 Å². The van der Waals surface area contributed by atoms with Gasteiger partial charge in [-0.3, -0.25) is 10.1 Å². The first-order valence-electron chi connectivity index (χ1n) is 8.78. The number of thioether (sulfide) groups is 2. The minimum Gasteiger partial charge on any atom is -0.403 e. The normalized spacial score (nSPS) is 11.0. The van der Waals surface area contributed by atoms with Crippen molar-refractivity contribution in [3.8, 4) is 11.5 Å². The van der Waals surface area contributed by atoms with Crippen molar-refractivity contribution < 1.29 is 9.21 Å². The van der Waals surface area contributed by atoms with Crippen LogP contribution >= 0.6 is 35.1 Å². The van der Waals surface area contributed by atoms with Gasteiger partial charge < -0.3 is 4.42 Å². The molecule has 1 N–H and O–H groups in total. The molecule has 28 heavy (non-hydrogen) atoms. The number of anilines is 1. The van der Waals surface area contributed by atoms with E-state index in [0.29, 0.717) is 28.3 Å². The minimum atomic E-state index is -0.166. The molecule has 0 spiro atoms. The van der Waals surface area contributed by atoms with E-state index in [1.54, 1.807) is 23.5 Å². The van der Waals surface area contributed by atoms with E-state index in [0.717, 1.165) is 15.4 Å². The van der Waals surface area contributed by atoms with Gasteiger partial charge in [0.15, 0.2) is 0 Å². The van der Waals surface area contributed by atoms with Crippen molar-refractivity contribution in [3.63, 3.8) is 0 Å². The predicted octanol–water partition coefficient (Wildman–Crippen LogP) is 6.01. The molecule has 1 aromatic heterocycles. The Labute approximate surface area is 177 Å². The Morgan fingerprint density at radius 1 is 1.14 bits per heavy atom. The largest absolute Gasteiger partial charge is 0.403 e. The third-order valence-corrected chi connectivity index (χ3v) is 5.80. The third kappa shape index (κ3) is 6.29. The fraction of sp³-hybridized carbons (Fsp3) is 0.250. The van der Waals surface area contributed by atoms with E-state index in [-0.39, 0.29) is 11.9 Å². The molecular formula is C20H20ClN3O2S2. The topological polar surface area (TPSA) is 68.0 Å². The van der Waals surface area contributed by atoms with Gasteiger partial charge in [0.05, 0.1) is 0 Å². The second kappa shape index (κ2) is 10.0. The summed E-state index contributed by atoms with van der Waals surface area (Å²) in [4.78, 5) is 14.3. The van der Waals surface area contributed by atoms with Crippen molar-refractivity contribution >= 4 is 47.0 Å². The summed E-state index contributed by atoms with van der Waals surface area (Å²) in [6.07, 6.45) is 0.339. The highest BCUT2D eigenvalue weighted by Gasteiger charge is 2.12. The maximum Gasteiger partial charge on any atom is 0.322 e. The van der Waals surface area contributed by atoms with Crippen molar-refractivity contribution in [2.75, 3.05) is 11.1 Å². The summed E-state index contributed by atoms with van der Waals surface area (Å²) in [6.45, 7) is 4.28. The maximum atomic E-state index is 12.1. The van der Waals surface area contributed by atoms with Gasteiger partial charge in [-0.15, -0.1) is 28.6 Å². The molecule has 8 heteroatoms. The number of amides is 1. The highest BCUT2D eigenvalue weighted by molar-refractivity contribution is 8.00. The fourth-order valence-electron chi connectivity index (χ4n) is 2.34. The number of aromatic nitrogens is 2. The molecule has 0 unspecified atom stereocenters. The molecule has 1 amide bonds. The molecule has 0 aliphatic carbocycles. The number of hydrogen-bond acceptors (Lipinski definition) is 6. The van der Waals surface area contributed by atoms with Crippen LogP contribution in [0.25, 0.3) is 11.5 Å². The quantitative estimate of drug-likeness (QED) is 0.438. The minimum absolute atomic E-state index is 0.110. The number of halogens is 1. The van der Waals surface area contributed by atoms with Gasteiger partial charge in [-0.25, -0.2) is 0 Å². The van der Waals surface area contributed by atoms with Gasteiger partial charge in [-0.1, -0.05) is 36.6 Å². The fourth-order valence-corrected chi connectivity index (χ4v) is 4.21. The molecular weight excluding hydrogens is 414 g/mol. The number of rotatable bonds is 8. The average molecular weight is 434 g/mol. The lowest BCUT2D eigenvalue weighted by Crippen LogP contribution is -2.12. The van der Waals surface area contributed by atoms with Gasteiger partial charge in [0.1, 0.15) is 0 Å². The molecule has 0 saturated carbocycles. The average Bonchev–Trinajstić information content (AvgIpc) is 3.11. The Balaban J connectivity index is 1.52. The molecule has 0 bridgehead atoms. The molecule has 2 aromatic carbocycles. The molecule has 5 nitrogen and oxygen atoms in total. The number of nitrogens with one attached hydrogen (secondary N) is 1. The molecule has 0 aliphatic rings. The first-order valence-corrected chi connectivity index (χ1v) is 11.0. The zero-order chi connectivity index (χ0) is 19.9. The molecule has 0 aliphatic heterocycles. The van der Waals surface area contributed by atoms with Crippen LogP contribution in [0, 0.1) is 0 Å². The van der Waals surface area contributed by atoms with Crippen molar-refractivity contribution in [2.45, 2.75) is 35.3 Å². The lowest BCUT2D eigenvalue weighted by Gasteiger charge is -2.05. The molecule has 0 saturated heterocycles. The van der Waals surface area contributed by atoms with Crippen LogP contribution in [-0.2, 0) is 4.79 Å². The number of carbonyl (C=O) groups excluding carboxylic acids is 1. The zero-order valence-electron chi connectivity index (χ0n) is 15.5. The second-order valence-electron chi connectivity index (χ2n) is 6.21. The summed E-state index contributed by atoms with van der Waals surface area (Å²) >= 11 is 9.22. The number of nitrogens with zero attached hydrogens (tertiary/aromatic N) is 2. The monoisotopic (exact) mass is 433 g/mol. The van der Waals surface area contributed by atoms with Crippen molar-refractivity contribution in [1.29, 1.82) is 0 Å². The van der Waals surface area contributed by atoms with Crippen LogP contribution in [0.15, 0.2) is 62.7 Å². The van der Waals surface area contributed by atoms with Crippen LogP contribution in [0.3, 0.4) is 0 Å². The van der Waals surface area contributed by atoms with E-state index < -0.39 is 0 Å². The Kier molecular flexibility index (Phi) is 7.42. The van der Waals surface area contributed by atoms with E-state index >= 15 is 0 Å². The maximum absolute atomic E-state index is 12.1. The smallest absolute Gasteiger partial charge is 0.322 e. The standard InChI is InChI=1S/C20H20ClN3O2S2/c1-13(2)28-17-5-3-4-14(12-17)19-23-24-20(26-19)22-18(25)10-11-27-16-8-6-15(21)7-9-16/h3-9,12-13H,10-11H2,1-2H3,(H,22,24,25). The zero-order valence-corrected chi connectivity index (χ0v) is 17.9. The molecule has 0 radical (unpaired) electrons. The summed E-state index contributed by atoms with van der Waals surface area (Å²) in [5.41, 5.74) is 0.831. The highest BCUT2D eigenvalue weighted by atomic mass is 35.5. The van der Waals surface area contributed by atoms with Gasteiger partial charge in [-0.05, 0) is 42.5 Å². The molecule has 1 heterocycles. The number of carbonyl (C=O) groups is 1. The number of benzene rings is 2. The number of hydrogen-bond donors (Lipinski definition) is 1. The van der Waals surface area contributed by atoms with E-state index in [4.69, 9.17) is 16.0 Å². The van der Waals surface area contributed by atoms with Gasteiger partial charge in [0, 0.05) is 37.8 Å². The summed E-state index contributed by atoms with van der Waals surface area (Å²) in [7, 11) is 0. The van der Waals surface area contributed by atoms with E-state index in [9.17, 15) is 4.79 Å². The van der Waals surface area contributed by atoms with E-state index in [1.165, 1.54) is 0 Å². The van der Waals surface area contributed by atoms with Gasteiger partial charge in [0.2, 0.25) is 11.8 Å². The SMILES string of the molecule is CC(C)Sc1cccc(-c2nnc(NC(=O)CCSc3ccc(Cl)cc3)o2)c1. The van der Waals surface area contributed by atoms with Crippen LogP contribution < -0.4 is 5.32 Å². The van der Waals surface area contributed by atoms with Crippen LogP contribution in [0.1, 0.15) is 20.3 Å². The van der Waals surface area contributed by atoms with Gasteiger partial charge in [-0.2, -0.15) is 0 Å². The van der Waals surface area contributed by atoms with Crippen LogP contribution in [0.4, 0.5) is 6.01 Å². The molecule has 0 fully saturated rings. The third-order valence-electron chi connectivity index (χ3n) is 3.54. The predicted molar refractivity (Wildman–Crippen MR) is 116 cm³/mol. The molecule has 3 rings (SSSR count). The van der Waals surface area contributed by atoms with Crippen LogP contribution in [0.5, 0.6) is 0 Å². The molecule has 3 aromatic rings. The first-order chi connectivity index (χ1) is 13.5. The van der Waals surface area contributed by atoms with Crippen molar-refractivity contribution in [3.05, 3.63) is 53.6 Å². The van der Waals surface area contributed by atoms with Crippen LogP contribution in [-0.4, -0.2) is 27.1 Å². The van der Waals surface area contributed by atoms with Gasteiger partial charge in [0.25, 0.3) is 0 Å². The van der Waals surface area contributed by atoms with Crippen LogP contribution in [0.2, 0.25) is 5.02 Å². The first kappa shape index (κ1) is 20.8. The Hall–Kier alpha value is -1.96. The summed E-state index contributed by atoms with van der Waals surface area (Å²) in [5, 5.41) is 11.8. The van der Waals surface area contributed by atoms with Gasteiger partial charge >= 0.3 is 6.01 Å². The Morgan fingerprint density at radius 3 is 2.68 bits per heavy atom. The molecule has 146 valence electrons. The van der Waals surface area contributed by atoms with E-state index in [1.807, 2.05) is 48.5 Å². The summed E-state index contributed by atoms with van der Waals surface area (Å²) in [6, 6.07) is 15.6. The highest BCUT2D eigenvalue weighted by Crippen LogP contribution is 2.28. The molecule has 0 atom stereocenters. The summed E-state index contributed by atoms with van der Waals surface area (Å²) in [5.74, 6) is 0.862. The Morgan fingerprint density at radius 2 is 1.93 bits per heavy atom. The van der Waals surface area contributed by atoms with Crippen molar-refractivity contribution in [1.82, 2.24) is 10.2 Å². The lowest BCUT2D eigenvalue weighted by molar-refractivity contribution is -0.115. The van der Waals surface area contributed by atoms with Crippen molar-refractivity contribution in [2.24, 2.45) is 0 Å². The lowest BCUT2D eigenvalue weighted by atomic mass is 10.2.